The van der Waals surface area contributed by atoms with Crippen LogP contribution in [0.25, 0.3) is 0 Å². The zero-order valence-corrected chi connectivity index (χ0v) is 13.4. The molecule has 0 amide bonds. The lowest BCUT2D eigenvalue weighted by Gasteiger charge is -2.14. The molecule has 1 aromatic rings. The van der Waals surface area contributed by atoms with Gasteiger partial charge in [0.05, 0.1) is 12.3 Å². The maximum absolute atomic E-state index is 12.3. The van der Waals surface area contributed by atoms with Gasteiger partial charge in [0, 0.05) is 19.2 Å². The number of para-hydroxylation sites is 1. The summed E-state index contributed by atoms with van der Waals surface area (Å²) < 4.78 is 32.7. The normalized spacial score (nSPS) is 15.4. The number of benzene rings is 1. The van der Waals surface area contributed by atoms with E-state index in [-0.39, 0.29) is 10.9 Å². The largest absolute Gasteiger partial charge is 0.382 e. The average molecular weight is 312 g/mol. The molecule has 0 heterocycles. The Morgan fingerprint density at radius 3 is 2.67 bits per heavy atom. The van der Waals surface area contributed by atoms with Crippen LogP contribution in [0.4, 0.5) is 5.69 Å². The van der Waals surface area contributed by atoms with Gasteiger partial charge in [0.15, 0.2) is 0 Å². The molecule has 5 nitrogen and oxygen atoms in total. The molecule has 0 saturated heterocycles. The second-order valence-electron chi connectivity index (χ2n) is 5.72. The van der Waals surface area contributed by atoms with Crippen LogP contribution in [0.5, 0.6) is 0 Å². The first-order valence-electron chi connectivity index (χ1n) is 7.42. The van der Waals surface area contributed by atoms with Crippen molar-refractivity contribution in [3.63, 3.8) is 0 Å². The lowest BCUT2D eigenvalue weighted by atomic mass is 10.3. The summed E-state index contributed by atoms with van der Waals surface area (Å²) in [6, 6.07) is 6.80. The Morgan fingerprint density at radius 2 is 2.00 bits per heavy atom. The minimum absolute atomic E-state index is 0.134. The molecule has 2 N–H and O–H groups in total. The molecule has 0 aromatic heterocycles. The van der Waals surface area contributed by atoms with Crippen molar-refractivity contribution >= 4 is 15.7 Å². The third-order valence-corrected chi connectivity index (χ3v) is 4.90. The van der Waals surface area contributed by atoms with E-state index in [1.165, 1.54) is 12.8 Å². The number of rotatable bonds is 9. The van der Waals surface area contributed by atoms with E-state index >= 15 is 0 Å². The highest BCUT2D eigenvalue weighted by molar-refractivity contribution is 7.89. The van der Waals surface area contributed by atoms with Crippen LogP contribution in [0.2, 0.25) is 0 Å². The second kappa shape index (κ2) is 7.24. The van der Waals surface area contributed by atoms with Gasteiger partial charge in [0.1, 0.15) is 4.90 Å². The number of sulfonamides is 1. The molecule has 1 aliphatic carbocycles. The van der Waals surface area contributed by atoms with Crippen LogP contribution >= 0.6 is 0 Å². The first-order chi connectivity index (χ1) is 9.99. The summed E-state index contributed by atoms with van der Waals surface area (Å²) in [5.74, 6) is 0.743. The fraction of sp³-hybridized carbons (Fsp3) is 0.600. The van der Waals surface area contributed by atoms with Crippen molar-refractivity contribution < 1.29 is 13.2 Å². The number of nitrogens with one attached hydrogen (secondary N) is 2. The predicted octanol–water partition coefficient (Wildman–Crippen LogP) is 2.21. The van der Waals surface area contributed by atoms with Crippen molar-refractivity contribution in [3.05, 3.63) is 24.3 Å². The molecular formula is C15H24N2O3S. The summed E-state index contributed by atoms with van der Waals surface area (Å²) in [4.78, 5) is 0.279. The first-order valence-corrected chi connectivity index (χ1v) is 8.90. The van der Waals surface area contributed by atoms with Crippen LogP contribution in [0.3, 0.4) is 0 Å². The molecular weight excluding hydrogens is 288 g/mol. The molecule has 1 saturated carbocycles. The smallest absolute Gasteiger partial charge is 0.242 e. The van der Waals surface area contributed by atoms with Gasteiger partial charge in [-0.05, 0) is 44.7 Å². The summed E-state index contributed by atoms with van der Waals surface area (Å²) in [5.41, 5.74) is 0.612. The van der Waals surface area contributed by atoms with Gasteiger partial charge in [-0.3, -0.25) is 0 Å². The Hall–Kier alpha value is -1.11. The van der Waals surface area contributed by atoms with Crippen LogP contribution in [0.15, 0.2) is 29.2 Å². The van der Waals surface area contributed by atoms with Crippen molar-refractivity contribution in [1.29, 1.82) is 0 Å². The highest BCUT2D eigenvalue weighted by atomic mass is 32.2. The van der Waals surface area contributed by atoms with Gasteiger partial charge in [0.25, 0.3) is 0 Å². The third kappa shape index (κ3) is 5.30. The molecule has 1 aromatic carbocycles. The Morgan fingerprint density at radius 1 is 1.29 bits per heavy atom. The summed E-state index contributed by atoms with van der Waals surface area (Å²) >= 11 is 0. The van der Waals surface area contributed by atoms with E-state index in [1.54, 1.807) is 32.0 Å². The molecule has 0 bridgehead atoms. The van der Waals surface area contributed by atoms with E-state index in [4.69, 9.17) is 4.74 Å². The molecule has 0 radical (unpaired) electrons. The number of hydrogen-bond acceptors (Lipinski definition) is 4. The van der Waals surface area contributed by atoms with E-state index in [1.807, 2.05) is 6.07 Å². The fourth-order valence-electron chi connectivity index (χ4n) is 2.01. The molecule has 6 heteroatoms. The van der Waals surface area contributed by atoms with Crippen LogP contribution in [-0.2, 0) is 14.8 Å². The van der Waals surface area contributed by atoms with E-state index in [2.05, 4.69) is 10.0 Å². The molecule has 1 fully saturated rings. The van der Waals surface area contributed by atoms with Gasteiger partial charge in [-0.1, -0.05) is 12.1 Å². The highest BCUT2D eigenvalue weighted by Gasteiger charge is 2.21. The minimum atomic E-state index is -3.49. The lowest BCUT2D eigenvalue weighted by molar-refractivity contribution is 0.134. The average Bonchev–Trinajstić information content (AvgIpc) is 3.21. The quantitative estimate of drug-likeness (QED) is 0.686. The van der Waals surface area contributed by atoms with E-state index < -0.39 is 10.0 Å². The number of ether oxygens (including phenoxy) is 1. The van der Waals surface area contributed by atoms with E-state index in [0.29, 0.717) is 18.8 Å². The van der Waals surface area contributed by atoms with Crippen molar-refractivity contribution in [2.24, 2.45) is 5.92 Å². The third-order valence-electron chi connectivity index (χ3n) is 3.18. The molecule has 1 aliphatic rings. The van der Waals surface area contributed by atoms with E-state index in [9.17, 15) is 8.42 Å². The summed E-state index contributed by atoms with van der Waals surface area (Å²) in [6.07, 6.45) is 2.55. The molecule has 0 atom stereocenters. The fourth-order valence-corrected chi connectivity index (χ4v) is 3.45. The molecule has 0 aliphatic heterocycles. The topological polar surface area (TPSA) is 67.4 Å². The summed E-state index contributed by atoms with van der Waals surface area (Å²) in [6.45, 7) is 5.61. The van der Waals surface area contributed by atoms with Crippen molar-refractivity contribution in [2.45, 2.75) is 37.6 Å². The summed E-state index contributed by atoms with van der Waals surface area (Å²) in [5, 5.41) is 3.14. The maximum atomic E-state index is 12.3. The SMILES string of the molecule is CC(C)NS(=O)(=O)c1ccccc1NCCOCC1CC1. The number of anilines is 1. The standard InChI is InChI=1S/C15H24N2O3S/c1-12(2)17-21(18,19)15-6-4-3-5-14(15)16-9-10-20-11-13-7-8-13/h3-6,12-13,16-17H,7-11H2,1-2H3. The second-order valence-corrected chi connectivity index (χ2v) is 7.40. The molecule has 2 rings (SSSR count). The lowest BCUT2D eigenvalue weighted by Crippen LogP contribution is -2.30. The van der Waals surface area contributed by atoms with Gasteiger partial charge in [-0.25, -0.2) is 13.1 Å². The van der Waals surface area contributed by atoms with Crippen LogP contribution < -0.4 is 10.0 Å². The number of hydrogen-bond donors (Lipinski definition) is 2. The Kier molecular flexibility index (Phi) is 5.61. The molecule has 0 unspecified atom stereocenters. The van der Waals surface area contributed by atoms with Crippen molar-refractivity contribution in [3.8, 4) is 0 Å². The highest BCUT2D eigenvalue weighted by Crippen LogP contribution is 2.28. The monoisotopic (exact) mass is 312 g/mol. The van der Waals surface area contributed by atoms with E-state index in [0.717, 1.165) is 12.5 Å². The van der Waals surface area contributed by atoms with Crippen LogP contribution in [0.1, 0.15) is 26.7 Å². The Bertz CT molecular complexity index is 554. The van der Waals surface area contributed by atoms with Crippen LogP contribution in [0, 0.1) is 5.92 Å². The van der Waals surface area contributed by atoms with Gasteiger partial charge >= 0.3 is 0 Å². The van der Waals surface area contributed by atoms with Crippen molar-refractivity contribution in [1.82, 2.24) is 4.72 Å². The zero-order chi connectivity index (χ0) is 15.3. The Labute approximate surface area is 127 Å². The first kappa shape index (κ1) is 16.3. The van der Waals surface area contributed by atoms with Crippen LogP contribution in [-0.4, -0.2) is 34.2 Å². The maximum Gasteiger partial charge on any atom is 0.242 e. The van der Waals surface area contributed by atoms with Gasteiger partial charge < -0.3 is 10.1 Å². The van der Waals surface area contributed by atoms with Gasteiger partial charge in [0.2, 0.25) is 10.0 Å². The molecule has 21 heavy (non-hydrogen) atoms. The Balaban J connectivity index is 1.92. The molecule has 0 spiro atoms. The minimum Gasteiger partial charge on any atom is -0.382 e. The zero-order valence-electron chi connectivity index (χ0n) is 12.6. The van der Waals surface area contributed by atoms with Gasteiger partial charge in [-0.2, -0.15) is 0 Å². The summed E-state index contributed by atoms with van der Waals surface area (Å²) in [7, 11) is -3.49. The van der Waals surface area contributed by atoms with Crippen molar-refractivity contribution in [2.75, 3.05) is 25.1 Å². The molecule has 118 valence electrons. The predicted molar refractivity (Wildman–Crippen MR) is 83.9 cm³/mol. The van der Waals surface area contributed by atoms with Gasteiger partial charge in [-0.15, -0.1) is 0 Å².